The number of nitro groups is 1. The Morgan fingerprint density at radius 1 is 1.53 bits per heavy atom. The van der Waals surface area contributed by atoms with E-state index in [4.69, 9.17) is 4.42 Å². The molecule has 0 fully saturated rings. The zero-order chi connectivity index (χ0) is 12.6. The number of benzene rings is 1. The third kappa shape index (κ3) is 1.65. The Bertz CT molecular complexity index is 668. The summed E-state index contributed by atoms with van der Waals surface area (Å²) in [6.45, 7) is 0. The summed E-state index contributed by atoms with van der Waals surface area (Å²) in [7, 11) is 1.11. The van der Waals surface area contributed by atoms with Gasteiger partial charge < -0.3 is 9.15 Å². The summed E-state index contributed by atoms with van der Waals surface area (Å²) >= 11 is 0. The van der Waals surface area contributed by atoms with Crippen LogP contribution in [0, 0.1) is 10.1 Å². The predicted molar refractivity (Wildman–Crippen MR) is 54.9 cm³/mol. The Morgan fingerprint density at radius 3 is 2.82 bits per heavy atom. The van der Waals surface area contributed by atoms with E-state index >= 15 is 0 Å². The van der Waals surface area contributed by atoms with Gasteiger partial charge in [-0.3, -0.25) is 10.1 Å². The molecular formula is C9H6N2O6. The summed E-state index contributed by atoms with van der Waals surface area (Å²) in [5.74, 6) is -0.952. The summed E-state index contributed by atoms with van der Waals surface area (Å²) in [4.78, 5) is 32.5. The summed E-state index contributed by atoms with van der Waals surface area (Å²) in [6.07, 6.45) is -0.914. The van der Waals surface area contributed by atoms with Crippen LogP contribution >= 0.6 is 0 Å². The molecule has 0 unspecified atom stereocenters. The molecule has 0 aliphatic rings. The van der Waals surface area contributed by atoms with Crippen LogP contribution in [0.5, 0.6) is 0 Å². The molecule has 0 spiro atoms. The van der Waals surface area contributed by atoms with Crippen LogP contribution in [0.4, 0.5) is 10.5 Å². The van der Waals surface area contributed by atoms with Crippen LogP contribution in [0.1, 0.15) is 0 Å². The summed E-state index contributed by atoms with van der Waals surface area (Å²) in [6, 6.07) is 3.47. The van der Waals surface area contributed by atoms with E-state index in [1.165, 1.54) is 6.07 Å². The lowest BCUT2D eigenvalue weighted by Crippen LogP contribution is -2.22. The van der Waals surface area contributed by atoms with Crippen molar-refractivity contribution in [3.8, 4) is 0 Å². The zero-order valence-electron chi connectivity index (χ0n) is 8.58. The number of non-ortho nitro benzene ring substituents is 1. The van der Waals surface area contributed by atoms with E-state index in [0.29, 0.717) is 4.57 Å². The van der Waals surface area contributed by atoms with Gasteiger partial charge in [0.25, 0.3) is 5.69 Å². The van der Waals surface area contributed by atoms with Crippen LogP contribution in [0.25, 0.3) is 11.1 Å². The maximum absolute atomic E-state index is 11.3. The van der Waals surface area contributed by atoms with Gasteiger partial charge in [0.1, 0.15) is 5.52 Å². The quantitative estimate of drug-likeness (QED) is 0.544. The van der Waals surface area contributed by atoms with Gasteiger partial charge in [-0.2, -0.15) is 4.57 Å². The zero-order valence-corrected chi connectivity index (χ0v) is 8.58. The Morgan fingerprint density at radius 2 is 2.24 bits per heavy atom. The maximum Gasteiger partial charge on any atom is 0.429 e. The van der Waals surface area contributed by atoms with Gasteiger partial charge in [0.2, 0.25) is 0 Å². The number of nitro benzene ring substituents is 1. The molecule has 2 rings (SSSR count). The second kappa shape index (κ2) is 3.74. The molecule has 1 aromatic carbocycles. The molecule has 17 heavy (non-hydrogen) atoms. The fraction of sp³-hybridized carbons (Fsp3) is 0.111. The molecule has 1 aromatic heterocycles. The molecular weight excluding hydrogens is 232 g/mol. The predicted octanol–water partition coefficient (Wildman–Crippen LogP) is 1.12. The molecule has 0 bridgehead atoms. The number of oxazole rings is 1. The van der Waals surface area contributed by atoms with Crippen LogP contribution in [0.3, 0.4) is 0 Å². The minimum Gasteiger partial charge on any atom is -0.452 e. The van der Waals surface area contributed by atoms with E-state index in [0.717, 1.165) is 19.2 Å². The maximum atomic E-state index is 11.3. The molecule has 2 aromatic rings. The van der Waals surface area contributed by atoms with Crippen molar-refractivity contribution in [2.24, 2.45) is 0 Å². The highest BCUT2D eigenvalue weighted by molar-refractivity contribution is 5.86. The number of carbonyl (C=O) groups excluding carboxylic acids is 1. The van der Waals surface area contributed by atoms with Gasteiger partial charge in [-0.05, 0) is 6.07 Å². The van der Waals surface area contributed by atoms with Crippen molar-refractivity contribution >= 4 is 22.9 Å². The highest BCUT2D eigenvalue weighted by Gasteiger charge is 2.18. The molecule has 88 valence electrons. The third-order valence-electron chi connectivity index (χ3n) is 2.13. The number of rotatable bonds is 1. The topological polar surface area (TPSA) is 105 Å². The van der Waals surface area contributed by atoms with E-state index in [9.17, 15) is 19.7 Å². The van der Waals surface area contributed by atoms with Crippen molar-refractivity contribution < 1.29 is 18.9 Å². The second-order valence-corrected chi connectivity index (χ2v) is 3.08. The van der Waals surface area contributed by atoms with Crippen LogP contribution < -0.4 is 5.76 Å². The van der Waals surface area contributed by atoms with Crippen molar-refractivity contribution in [2.75, 3.05) is 7.11 Å². The highest BCUT2D eigenvalue weighted by Crippen LogP contribution is 2.19. The molecule has 8 heteroatoms. The fourth-order valence-corrected chi connectivity index (χ4v) is 1.39. The van der Waals surface area contributed by atoms with Crippen molar-refractivity contribution in [1.82, 2.24) is 4.57 Å². The Labute approximate surface area is 93.2 Å². The number of nitrogens with zero attached hydrogens (tertiary/aromatic N) is 2. The first-order valence-corrected chi connectivity index (χ1v) is 4.43. The van der Waals surface area contributed by atoms with Gasteiger partial charge in [0.05, 0.1) is 18.1 Å². The van der Waals surface area contributed by atoms with Crippen molar-refractivity contribution in [3.05, 3.63) is 38.9 Å². The molecule has 0 radical (unpaired) electrons. The number of methoxy groups -OCH3 is 1. The molecule has 8 nitrogen and oxygen atoms in total. The number of ether oxygens (including phenoxy) is 1. The van der Waals surface area contributed by atoms with Gasteiger partial charge in [-0.15, -0.1) is 0 Å². The summed E-state index contributed by atoms with van der Waals surface area (Å²) in [5, 5.41) is 10.5. The number of fused-ring (bicyclic) bond motifs is 1. The lowest BCUT2D eigenvalue weighted by molar-refractivity contribution is -0.384. The normalized spacial score (nSPS) is 10.4. The van der Waals surface area contributed by atoms with Crippen LogP contribution in [-0.2, 0) is 4.74 Å². The molecule has 0 saturated carbocycles. The van der Waals surface area contributed by atoms with Crippen molar-refractivity contribution in [2.45, 2.75) is 0 Å². The van der Waals surface area contributed by atoms with Crippen LogP contribution in [-0.4, -0.2) is 22.7 Å². The average Bonchev–Trinajstić information content (AvgIpc) is 2.62. The highest BCUT2D eigenvalue weighted by atomic mass is 16.6. The monoisotopic (exact) mass is 238 g/mol. The molecule has 0 aliphatic heterocycles. The molecule has 0 amide bonds. The van der Waals surface area contributed by atoms with E-state index in [1.54, 1.807) is 0 Å². The third-order valence-corrected chi connectivity index (χ3v) is 2.13. The van der Waals surface area contributed by atoms with Crippen molar-refractivity contribution in [3.63, 3.8) is 0 Å². The Balaban J connectivity index is 2.73. The van der Waals surface area contributed by atoms with Crippen LogP contribution in [0.2, 0.25) is 0 Å². The molecule has 0 aliphatic carbocycles. The Kier molecular flexibility index (Phi) is 2.39. The van der Waals surface area contributed by atoms with Gasteiger partial charge in [0.15, 0.2) is 5.58 Å². The minimum atomic E-state index is -0.952. The van der Waals surface area contributed by atoms with E-state index < -0.39 is 16.8 Å². The number of hydrogen-bond acceptors (Lipinski definition) is 6. The first kappa shape index (κ1) is 10.9. The van der Waals surface area contributed by atoms with Gasteiger partial charge in [-0.1, -0.05) is 0 Å². The smallest absolute Gasteiger partial charge is 0.429 e. The largest absolute Gasteiger partial charge is 0.452 e. The average molecular weight is 238 g/mol. The molecule has 0 saturated heterocycles. The van der Waals surface area contributed by atoms with E-state index in [2.05, 4.69) is 4.74 Å². The number of aromatic nitrogens is 1. The summed E-state index contributed by atoms with van der Waals surface area (Å²) < 4.78 is 9.76. The lowest BCUT2D eigenvalue weighted by Gasteiger charge is -1.97. The van der Waals surface area contributed by atoms with Gasteiger partial charge >= 0.3 is 11.8 Å². The van der Waals surface area contributed by atoms with Gasteiger partial charge in [0, 0.05) is 6.07 Å². The molecule has 0 N–H and O–H groups in total. The molecule has 0 atom stereocenters. The second-order valence-electron chi connectivity index (χ2n) is 3.08. The van der Waals surface area contributed by atoms with Gasteiger partial charge in [-0.25, -0.2) is 9.59 Å². The van der Waals surface area contributed by atoms with E-state index in [-0.39, 0.29) is 16.8 Å². The minimum absolute atomic E-state index is 0.0467. The Hall–Kier alpha value is -2.64. The lowest BCUT2D eigenvalue weighted by atomic mass is 10.3. The molecule has 1 heterocycles. The number of hydrogen-bond donors (Lipinski definition) is 0. The number of carbonyl (C=O) groups is 1. The van der Waals surface area contributed by atoms with E-state index in [1.807, 2.05) is 0 Å². The standard InChI is InChI=1S/C9H6N2O6/c1-16-8(12)10-6-3-2-5(11(14)15)4-7(6)17-9(10)13/h2-4H,1H3. The SMILES string of the molecule is COC(=O)n1c(=O)oc2cc([N+](=O)[O-])ccc21. The summed E-state index contributed by atoms with van der Waals surface area (Å²) in [5.41, 5.74) is -0.162. The first-order chi connectivity index (χ1) is 8.04. The van der Waals surface area contributed by atoms with Crippen LogP contribution in [0.15, 0.2) is 27.4 Å². The van der Waals surface area contributed by atoms with Crippen molar-refractivity contribution in [1.29, 1.82) is 0 Å². The fourth-order valence-electron chi connectivity index (χ4n) is 1.39. The first-order valence-electron chi connectivity index (χ1n) is 4.43.